The van der Waals surface area contributed by atoms with E-state index in [-0.39, 0.29) is 0 Å². The van der Waals surface area contributed by atoms with Crippen molar-refractivity contribution < 1.29 is 4.79 Å². The summed E-state index contributed by atoms with van der Waals surface area (Å²) in [7, 11) is 5.34. The molecule has 0 amide bonds. The van der Waals surface area contributed by atoms with Crippen molar-refractivity contribution in [3.63, 3.8) is 0 Å². The summed E-state index contributed by atoms with van der Waals surface area (Å²) in [6, 6.07) is 7.32. The summed E-state index contributed by atoms with van der Waals surface area (Å²) >= 11 is 5.89. The first kappa shape index (κ1) is 14.3. The molecule has 0 saturated heterocycles. The highest BCUT2D eigenvalue weighted by molar-refractivity contribution is 6.37. The summed E-state index contributed by atoms with van der Waals surface area (Å²) < 4.78 is 1.66. The van der Waals surface area contributed by atoms with E-state index in [1.165, 1.54) is 0 Å². The van der Waals surface area contributed by atoms with Crippen LogP contribution in [0.1, 0.15) is 5.56 Å². The van der Waals surface area contributed by atoms with Gasteiger partial charge < -0.3 is 5.01 Å². The molecule has 0 aliphatic rings. The van der Waals surface area contributed by atoms with Crippen LogP contribution in [0, 0.1) is 0 Å². The number of rotatable bonds is 4. The second kappa shape index (κ2) is 5.88. The molecule has 1 heterocycles. The van der Waals surface area contributed by atoms with Gasteiger partial charge in [0.2, 0.25) is 0 Å². The standard InChI is InChI=1S/C14H15ClN4O/c1-18(2)16-13(9-20)12-8-19(3)17-14(12)10-4-6-11(15)7-5-10/h4-9H,1-3H3/b16-13-. The Bertz CT molecular complexity index is 644. The Labute approximate surface area is 122 Å². The molecule has 0 unspecified atom stereocenters. The van der Waals surface area contributed by atoms with Crippen molar-refractivity contribution >= 4 is 23.6 Å². The molecular weight excluding hydrogens is 276 g/mol. The van der Waals surface area contributed by atoms with E-state index in [1.807, 2.05) is 12.1 Å². The zero-order chi connectivity index (χ0) is 14.7. The van der Waals surface area contributed by atoms with Gasteiger partial charge in [0.05, 0.1) is 5.56 Å². The van der Waals surface area contributed by atoms with E-state index in [1.54, 1.807) is 49.2 Å². The molecule has 0 aliphatic heterocycles. The van der Waals surface area contributed by atoms with E-state index in [2.05, 4.69) is 10.2 Å². The average molecular weight is 291 g/mol. The van der Waals surface area contributed by atoms with E-state index in [4.69, 9.17) is 11.6 Å². The lowest BCUT2D eigenvalue weighted by Crippen LogP contribution is -2.11. The van der Waals surface area contributed by atoms with Crippen LogP contribution in [0.15, 0.2) is 35.6 Å². The van der Waals surface area contributed by atoms with Gasteiger partial charge in [-0.2, -0.15) is 10.2 Å². The molecule has 20 heavy (non-hydrogen) atoms. The van der Waals surface area contributed by atoms with Crippen molar-refractivity contribution in [2.45, 2.75) is 0 Å². The molecule has 0 aliphatic carbocycles. The van der Waals surface area contributed by atoms with Gasteiger partial charge in [-0.25, -0.2) is 0 Å². The fourth-order valence-electron chi connectivity index (χ4n) is 1.85. The molecule has 0 fully saturated rings. The molecule has 2 rings (SSSR count). The molecule has 0 bridgehead atoms. The number of halogens is 1. The number of hydrogen-bond acceptors (Lipinski definition) is 4. The lowest BCUT2D eigenvalue weighted by atomic mass is 10.1. The van der Waals surface area contributed by atoms with Gasteiger partial charge in [0.25, 0.3) is 0 Å². The zero-order valence-electron chi connectivity index (χ0n) is 11.5. The maximum absolute atomic E-state index is 11.3. The van der Waals surface area contributed by atoms with Crippen LogP contribution in [0.5, 0.6) is 0 Å². The summed E-state index contributed by atoms with van der Waals surface area (Å²) in [4.78, 5) is 11.3. The summed E-state index contributed by atoms with van der Waals surface area (Å²) in [5, 5.41) is 10.8. The lowest BCUT2D eigenvalue weighted by Gasteiger charge is -2.06. The largest absolute Gasteiger partial charge is 0.302 e. The minimum atomic E-state index is 0.341. The van der Waals surface area contributed by atoms with Crippen LogP contribution in [0.2, 0.25) is 5.02 Å². The normalized spacial score (nSPS) is 11.5. The molecular formula is C14H15ClN4O. The minimum Gasteiger partial charge on any atom is -0.302 e. The Morgan fingerprint density at radius 1 is 1.35 bits per heavy atom. The number of carbonyl (C=O) groups excluding carboxylic acids is 1. The van der Waals surface area contributed by atoms with Crippen LogP contribution in [0.4, 0.5) is 0 Å². The van der Waals surface area contributed by atoms with Crippen LogP contribution in [-0.2, 0) is 11.8 Å². The second-order valence-electron chi connectivity index (χ2n) is 4.52. The minimum absolute atomic E-state index is 0.341. The molecule has 0 radical (unpaired) electrons. The number of aldehydes is 1. The first-order valence-electron chi connectivity index (χ1n) is 6.02. The first-order valence-corrected chi connectivity index (χ1v) is 6.40. The Morgan fingerprint density at radius 3 is 2.55 bits per heavy atom. The van der Waals surface area contributed by atoms with Gasteiger partial charge in [0, 0.05) is 37.9 Å². The van der Waals surface area contributed by atoms with Crippen LogP contribution in [0.3, 0.4) is 0 Å². The molecule has 0 saturated carbocycles. The maximum atomic E-state index is 11.3. The van der Waals surface area contributed by atoms with Crippen LogP contribution in [0.25, 0.3) is 11.3 Å². The summed E-state index contributed by atoms with van der Waals surface area (Å²) in [5.74, 6) is 0. The zero-order valence-corrected chi connectivity index (χ0v) is 12.3. The number of aryl methyl sites for hydroxylation is 1. The smallest absolute Gasteiger partial charge is 0.170 e. The van der Waals surface area contributed by atoms with E-state index < -0.39 is 0 Å². The van der Waals surface area contributed by atoms with Gasteiger partial charge in [-0.05, 0) is 12.1 Å². The highest BCUT2D eigenvalue weighted by Gasteiger charge is 2.15. The molecule has 2 aromatic rings. The Morgan fingerprint density at radius 2 is 2.00 bits per heavy atom. The Kier molecular flexibility index (Phi) is 4.20. The van der Waals surface area contributed by atoms with E-state index in [9.17, 15) is 4.79 Å². The van der Waals surface area contributed by atoms with E-state index in [0.717, 1.165) is 11.8 Å². The summed E-state index contributed by atoms with van der Waals surface area (Å²) in [6.07, 6.45) is 2.51. The van der Waals surface area contributed by atoms with Gasteiger partial charge in [0.15, 0.2) is 6.29 Å². The molecule has 1 aromatic carbocycles. The fraction of sp³-hybridized carbons (Fsp3) is 0.214. The van der Waals surface area contributed by atoms with Crippen LogP contribution >= 0.6 is 11.6 Å². The van der Waals surface area contributed by atoms with Crippen molar-refractivity contribution in [1.82, 2.24) is 14.8 Å². The third kappa shape index (κ3) is 3.05. The van der Waals surface area contributed by atoms with Crippen molar-refractivity contribution in [3.05, 3.63) is 41.0 Å². The fourth-order valence-corrected chi connectivity index (χ4v) is 1.98. The van der Waals surface area contributed by atoms with Gasteiger partial charge in [-0.3, -0.25) is 9.48 Å². The second-order valence-corrected chi connectivity index (χ2v) is 4.96. The van der Waals surface area contributed by atoms with Crippen molar-refractivity contribution in [3.8, 4) is 11.3 Å². The summed E-state index contributed by atoms with van der Waals surface area (Å²) in [5.41, 5.74) is 2.63. The van der Waals surface area contributed by atoms with E-state index >= 15 is 0 Å². The molecule has 0 spiro atoms. The predicted octanol–water partition coefficient (Wildman–Crippen LogP) is 2.21. The number of aromatic nitrogens is 2. The number of hydrogen-bond donors (Lipinski definition) is 0. The van der Waals surface area contributed by atoms with Crippen molar-refractivity contribution in [1.29, 1.82) is 0 Å². The summed E-state index contributed by atoms with van der Waals surface area (Å²) in [6.45, 7) is 0. The monoisotopic (exact) mass is 290 g/mol. The highest BCUT2D eigenvalue weighted by Crippen LogP contribution is 2.24. The third-order valence-corrected chi connectivity index (χ3v) is 2.89. The third-order valence-electron chi connectivity index (χ3n) is 2.64. The molecule has 6 heteroatoms. The van der Waals surface area contributed by atoms with Gasteiger partial charge in [-0.1, -0.05) is 23.7 Å². The first-order chi connectivity index (χ1) is 9.51. The topological polar surface area (TPSA) is 50.5 Å². The Balaban J connectivity index is 2.55. The number of carbonyl (C=O) groups is 1. The Hall–Kier alpha value is -2.14. The van der Waals surface area contributed by atoms with E-state index in [0.29, 0.717) is 22.0 Å². The number of hydrazone groups is 1. The molecule has 0 atom stereocenters. The van der Waals surface area contributed by atoms with Gasteiger partial charge >= 0.3 is 0 Å². The predicted molar refractivity (Wildman–Crippen MR) is 79.9 cm³/mol. The van der Waals surface area contributed by atoms with Crippen molar-refractivity contribution in [2.75, 3.05) is 14.1 Å². The van der Waals surface area contributed by atoms with Crippen molar-refractivity contribution in [2.24, 2.45) is 12.1 Å². The van der Waals surface area contributed by atoms with Crippen LogP contribution < -0.4 is 0 Å². The maximum Gasteiger partial charge on any atom is 0.170 e. The van der Waals surface area contributed by atoms with Gasteiger partial charge in [0.1, 0.15) is 11.4 Å². The lowest BCUT2D eigenvalue weighted by molar-refractivity contribution is -0.102. The highest BCUT2D eigenvalue weighted by atomic mass is 35.5. The number of benzene rings is 1. The molecule has 104 valence electrons. The molecule has 5 nitrogen and oxygen atoms in total. The molecule has 1 aromatic heterocycles. The van der Waals surface area contributed by atoms with Gasteiger partial charge in [-0.15, -0.1) is 0 Å². The number of nitrogens with zero attached hydrogens (tertiary/aromatic N) is 4. The molecule has 0 N–H and O–H groups in total. The quantitative estimate of drug-likeness (QED) is 0.493. The SMILES string of the molecule is CN(C)/N=C(/C=O)c1cn(C)nc1-c1ccc(Cl)cc1. The average Bonchev–Trinajstić information content (AvgIpc) is 2.78. The van der Waals surface area contributed by atoms with Crippen LogP contribution in [-0.4, -0.2) is 40.9 Å².